The fourth-order valence-corrected chi connectivity index (χ4v) is 1.88. The van der Waals surface area contributed by atoms with Gasteiger partial charge in [-0.1, -0.05) is 0 Å². The Balaban J connectivity index is 3.66. The molecule has 1 unspecified atom stereocenters. The Kier molecular flexibility index (Phi) is 5.77. The summed E-state index contributed by atoms with van der Waals surface area (Å²) in [7, 11) is 0. The summed E-state index contributed by atoms with van der Waals surface area (Å²) in [6, 6.07) is 0. The first-order chi connectivity index (χ1) is 6.10. The minimum atomic E-state index is -4.40. The molecule has 0 rings (SSSR count). The van der Waals surface area contributed by atoms with Crippen LogP contribution in [-0.2, 0) is 13.8 Å². The van der Waals surface area contributed by atoms with E-state index in [9.17, 15) is 17.7 Å². The van der Waals surface area contributed by atoms with Crippen molar-refractivity contribution < 1.29 is 27.0 Å². The largest absolute Gasteiger partial charge is 0.411 e. The summed E-state index contributed by atoms with van der Waals surface area (Å²) in [5.41, 5.74) is 0. The lowest BCUT2D eigenvalue weighted by molar-refractivity contribution is -0.177. The molecule has 0 amide bonds. The van der Waals surface area contributed by atoms with Gasteiger partial charge in [-0.05, 0) is 29.4 Å². The average Bonchev–Trinajstić information content (AvgIpc) is 1.78. The van der Waals surface area contributed by atoms with Gasteiger partial charge in [-0.15, -0.1) is 0 Å². The standard InChI is InChI=1S/C5H8Cl2F3O3P/c1-4(13-14(6,7)11)2-12-3-5(8,9)10/h4H,2-3H2,1H3. The van der Waals surface area contributed by atoms with Crippen LogP contribution in [0.25, 0.3) is 0 Å². The van der Waals surface area contributed by atoms with Crippen LogP contribution in [0.3, 0.4) is 0 Å². The molecule has 0 aliphatic carbocycles. The SMILES string of the molecule is CC(COCC(F)(F)F)OP(=O)(Cl)Cl. The van der Waals surface area contributed by atoms with Crippen LogP contribution in [0.2, 0.25) is 0 Å². The fraction of sp³-hybridized carbons (Fsp3) is 1.00. The monoisotopic (exact) mass is 274 g/mol. The lowest BCUT2D eigenvalue weighted by Crippen LogP contribution is -2.21. The van der Waals surface area contributed by atoms with Crippen LogP contribution in [0.1, 0.15) is 6.92 Å². The molecule has 0 heterocycles. The predicted molar refractivity (Wildman–Crippen MR) is 46.7 cm³/mol. The molecular weight excluding hydrogens is 267 g/mol. The highest BCUT2D eigenvalue weighted by Crippen LogP contribution is 2.58. The van der Waals surface area contributed by atoms with E-state index in [-0.39, 0.29) is 6.61 Å². The molecule has 0 radical (unpaired) electrons. The first-order valence-electron chi connectivity index (χ1n) is 3.42. The van der Waals surface area contributed by atoms with Crippen LogP contribution in [-0.4, -0.2) is 25.5 Å². The van der Waals surface area contributed by atoms with Crippen molar-refractivity contribution >= 4 is 28.6 Å². The van der Waals surface area contributed by atoms with Crippen molar-refractivity contribution in [3.63, 3.8) is 0 Å². The average molecular weight is 275 g/mol. The van der Waals surface area contributed by atoms with Crippen LogP contribution >= 0.6 is 28.6 Å². The lowest BCUT2D eigenvalue weighted by Gasteiger charge is -2.14. The Morgan fingerprint density at radius 1 is 1.43 bits per heavy atom. The molecule has 0 saturated heterocycles. The number of hydrogen-bond donors (Lipinski definition) is 0. The molecule has 0 aromatic rings. The van der Waals surface area contributed by atoms with Crippen LogP contribution in [0.5, 0.6) is 0 Å². The molecule has 0 N–H and O–H groups in total. The molecule has 0 bridgehead atoms. The number of ether oxygens (including phenoxy) is 1. The highest BCUT2D eigenvalue weighted by molar-refractivity contribution is 8.05. The molecule has 86 valence electrons. The summed E-state index contributed by atoms with van der Waals surface area (Å²) in [5, 5.41) is 0. The number of halogens is 5. The zero-order chi connectivity index (χ0) is 11.4. The molecule has 0 saturated carbocycles. The first kappa shape index (κ1) is 14.5. The third-order valence-electron chi connectivity index (χ3n) is 0.921. The molecule has 0 aromatic carbocycles. The molecule has 14 heavy (non-hydrogen) atoms. The molecule has 0 aliphatic heterocycles. The van der Waals surface area contributed by atoms with Crippen molar-refractivity contribution in [2.24, 2.45) is 0 Å². The van der Waals surface area contributed by atoms with E-state index in [1.807, 2.05) is 0 Å². The second kappa shape index (κ2) is 5.56. The summed E-state index contributed by atoms with van der Waals surface area (Å²) in [6.45, 7) is -0.438. The molecule has 1 atom stereocenters. The Morgan fingerprint density at radius 2 is 1.93 bits per heavy atom. The van der Waals surface area contributed by atoms with Gasteiger partial charge in [0.1, 0.15) is 6.61 Å². The summed E-state index contributed by atoms with van der Waals surface area (Å²) >= 11 is 10.0. The van der Waals surface area contributed by atoms with E-state index in [0.717, 1.165) is 0 Å². The molecule has 0 aliphatic rings. The highest BCUT2D eigenvalue weighted by Gasteiger charge is 2.28. The maximum Gasteiger partial charge on any atom is 0.411 e. The molecule has 3 nitrogen and oxygen atoms in total. The van der Waals surface area contributed by atoms with Crippen LogP contribution < -0.4 is 0 Å². The van der Waals surface area contributed by atoms with E-state index in [4.69, 9.17) is 22.5 Å². The molecule has 0 aromatic heterocycles. The van der Waals surface area contributed by atoms with E-state index >= 15 is 0 Å². The second-order valence-corrected chi connectivity index (χ2v) is 6.69. The van der Waals surface area contributed by atoms with Gasteiger partial charge in [-0.2, -0.15) is 13.2 Å². The van der Waals surface area contributed by atoms with Crippen molar-refractivity contribution in [2.75, 3.05) is 13.2 Å². The molecule has 0 spiro atoms. The summed E-state index contributed by atoms with van der Waals surface area (Å²) < 4.78 is 54.0. The Morgan fingerprint density at radius 3 is 2.29 bits per heavy atom. The van der Waals surface area contributed by atoms with Gasteiger partial charge in [0.2, 0.25) is 0 Å². The topological polar surface area (TPSA) is 35.5 Å². The summed E-state index contributed by atoms with van der Waals surface area (Å²) in [5.74, 6) is 0. The van der Waals surface area contributed by atoms with E-state index in [1.165, 1.54) is 6.92 Å². The Labute approximate surface area is 88.5 Å². The van der Waals surface area contributed by atoms with Gasteiger partial charge in [-0.3, -0.25) is 4.57 Å². The zero-order valence-electron chi connectivity index (χ0n) is 7.05. The maximum atomic E-state index is 11.6. The Hall–Kier alpha value is 0.520. The predicted octanol–water partition coefficient (Wildman–Crippen LogP) is 3.56. The van der Waals surface area contributed by atoms with Crippen molar-refractivity contribution in [1.29, 1.82) is 0 Å². The van der Waals surface area contributed by atoms with Crippen molar-refractivity contribution in [3.05, 3.63) is 0 Å². The minimum Gasteiger partial charge on any atom is -0.369 e. The van der Waals surface area contributed by atoms with Crippen molar-refractivity contribution in [2.45, 2.75) is 19.2 Å². The van der Waals surface area contributed by atoms with Gasteiger partial charge in [0.05, 0.1) is 12.7 Å². The van der Waals surface area contributed by atoms with Crippen LogP contribution in [0, 0.1) is 0 Å². The third-order valence-corrected chi connectivity index (χ3v) is 2.00. The van der Waals surface area contributed by atoms with Crippen LogP contribution in [0.4, 0.5) is 13.2 Å². The van der Waals surface area contributed by atoms with Gasteiger partial charge < -0.3 is 9.26 Å². The quantitative estimate of drug-likeness (QED) is 0.719. The molecular formula is C5H8Cl2F3O3P. The zero-order valence-corrected chi connectivity index (χ0v) is 9.46. The van der Waals surface area contributed by atoms with E-state index < -0.39 is 25.0 Å². The number of rotatable bonds is 5. The highest BCUT2D eigenvalue weighted by atomic mass is 35.9. The maximum absolute atomic E-state index is 11.6. The van der Waals surface area contributed by atoms with E-state index in [2.05, 4.69) is 9.26 Å². The van der Waals surface area contributed by atoms with Crippen molar-refractivity contribution in [3.8, 4) is 0 Å². The van der Waals surface area contributed by atoms with Gasteiger partial charge >= 0.3 is 12.3 Å². The third kappa shape index (κ3) is 10.6. The summed E-state index contributed by atoms with van der Waals surface area (Å²) in [6.07, 6.45) is -8.98. The van der Waals surface area contributed by atoms with Gasteiger partial charge in [0.25, 0.3) is 0 Å². The number of hydrogen-bond acceptors (Lipinski definition) is 3. The van der Waals surface area contributed by atoms with Gasteiger partial charge in [0, 0.05) is 0 Å². The smallest absolute Gasteiger partial charge is 0.369 e. The second-order valence-electron chi connectivity index (χ2n) is 2.46. The number of alkyl halides is 3. The van der Waals surface area contributed by atoms with Crippen LogP contribution in [0.15, 0.2) is 0 Å². The fourth-order valence-electron chi connectivity index (χ4n) is 0.581. The molecule has 0 fully saturated rings. The Bertz CT molecular complexity index is 217. The molecule has 9 heteroatoms. The van der Waals surface area contributed by atoms with E-state index in [0.29, 0.717) is 0 Å². The minimum absolute atomic E-state index is 0.386. The van der Waals surface area contributed by atoms with Gasteiger partial charge in [-0.25, -0.2) is 0 Å². The van der Waals surface area contributed by atoms with Gasteiger partial charge in [0.15, 0.2) is 0 Å². The first-order valence-corrected chi connectivity index (χ1v) is 6.86. The van der Waals surface area contributed by atoms with Crippen molar-refractivity contribution in [1.82, 2.24) is 0 Å². The van der Waals surface area contributed by atoms with E-state index in [1.54, 1.807) is 0 Å². The lowest BCUT2D eigenvalue weighted by atomic mass is 10.4. The summed E-state index contributed by atoms with van der Waals surface area (Å²) in [4.78, 5) is 0. The normalized spacial score (nSPS) is 15.6.